The molecule has 1 heterocycles. The van der Waals surface area contributed by atoms with E-state index in [1.54, 1.807) is 4.90 Å². The molecule has 0 bridgehead atoms. The number of carbonyl (C=O) groups is 3. The van der Waals surface area contributed by atoms with Gasteiger partial charge in [-0.2, -0.15) is 0 Å². The zero-order valence-electron chi connectivity index (χ0n) is 20.8. The van der Waals surface area contributed by atoms with Crippen molar-refractivity contribution in [3.05, 3.63) is 0 Å². The maximum atomic E-state index is 13.5. The van der Waals surface area contributed by atoms with Gasteiger partial charge in [0.1, 0.15) is 11.2 Å². The van der Waals surface area contributed by atoms with Gasteiger partial charge < -0.3 is 19.1 Å². The molecule has 0 radical (unpaired) electrons. The molecule has 6 atom stereocenters. The van der Waals surface area contributed by atoms with Gasteiger partial charge in [-0.3, -0.25) is 9.59 Å². The molecule has 7 fully saturated rings. The number of carbonyl (C=O) groups excluding carboxylic acids is 3. The first-order valence-electron chi connectivity index (χ1n) is 12.6. The second-order valence-electron chi connectivity index (χ2n) is 13.5. The van der Waals surface area contributed by atoms with Crippen molar-refractivity contribution in [2.75, 3.05) is 20.2 Å². The minimum Gasteiger partial charge on any atom is -0.469 e. The molecule has 1 amide bonds. The largest absolute Gasteiger partial charge is 0.469 e. The number of ether oxygens (including phenoxy) is 3. The van der Waals surface area contributed by atoms with Crippen molar-refractivity contribution in [2.45, 2.75) is 65.6 Å². The van der Waals surface area contributed by atoms with E-state index in [0.29, 0.717) is 43.2 Å². The van der Waals surface area contributed by atoms with Crippen LogP contribution in [0.25, 0.3) is 0 Å². The van der Waals surface area contributed by atoms with E-state index in [0.717, 1.165) is 18.3 Å². The van der Waals surface area contributed by atoms with Crippen LogP contribution in [-0.2, 0) is 23.8 Å². The van der Waals surface area contributed by atoms with E-state index >= 15 is 0 Å². The first kappa shape index (κ1) is 21.7. The van der Waals surface area contributed by atoms with Crippen LogP contribution in [-0.4, -0.2) is 54.3 Å². The summed E-state index contributed by atoms with van der Waals surface area (Å²) in [5.74, 6) is 3.15. The fraction of sp³-hybridized carbons (Fsp3) is 0.885. The molecule has 0 aromatic heterocycles. The van der Waals surface area contributed by atoms with Crippen molar-refractivity contribution >= 4 is 18.0 Å². The summed E-state index contributed by atoms with van der Waals surface area (Å²) in [6.45, 7) is 12.3. The second kappa shape index (κ2) is 6.06. The molecule has 0 aromatic rings. The molecule has 0 spiro atoms. The van der Waals surface area contributed by atoms with Gasteiger partial charge in [0.25, 0.3) is 0 Å². The van der Waals surface area contributed by atoms with Crippen LogP contribution in [0, 0.1) is 58.2 Å². The molecule has 7 aliphatic rings. The van der Waals surface area contributed by atoms with Gasteiger partial charge in [-0.05, 0) is 101 Å². The Morgan fingerprint density at radius 2 is 1.52 bits per heavy atom. The smallest absolute Gasteiger partial charge is 0.410 e. The van der Waals surface area contributed by atoms with E-state index in [1.807, 2.05) is 41.5 Å². The van der Waals surface area contributed by atoms with Crippen molar-refractivity contribution in [2.24, 2.45) is 58.2 Å². The molecule has 7 nitrogen and oxygen atoms in total. The highest BCUT2D eigenvalue weighted by Crippen LogP contribution is 3.11. The van der Waals surface area contributed by atoms with E-state index < -0.39 is 11.2 Å². The summed E-state index contributed by atoms with van der Waals surface area (Å²) in [7, 11) is 1.50. The molecule has 33 heavy (non-hydrogen) atoms. The quantitative estimate of drug-likeness (QED) is 0.462. The lowest BCUT2D eigenvalue weighted by Gasteiger charge is -3.11. The average Bonchev–Trinajstić information content (AvgIpc) is 3.18. The van der Waals surface area contributed by atoms with Gasteiger partial charge in [0.05, 0.1) is 18.4 Å². The highest BCUT2D eigenvalue weighted by Gasteiger charge is 3.12. The number of hydrogen-bond donors (Lipinski definition) is 0. The topological polar surface area (TPSA) is 82.1 Å². The Bertz CT molecular complexity index is 923. The first-order valence-corrected chi connectivity index (χ1v) is 12.6. The first-order chi connectivity index (χ1) is 15.3. The number of nitrogens with zero attached hydrogens (tertiary/aromatic N) is 1. The van der Waals surface area contributed by atoms with Gasteiger partial charge in [-0.15, -0.1) is 0 Å². The van der Waals surface area contributed by atoms with E-state index in [4.69, 9.17) is 14.2 Å². The Morgan fingerprint density at radius 1 is 0.939 bits per heavy atom. The maximum absolute atomic E-state index is 13.5. The molecule has 0 aromatic carbocycles. The van der Waals surface area contributed by atoms with Gasteiger partial charge in [0.15, 0.2) is 0 Å². The normalized spacial score (nSPS) is 45.9. The molecule has 5 unspecified atom stereocenters. The van der Waals surface area contributed by atoms with E-state index in [-0.39, 0.29) is 40.7 Å². The predicted octanol–water partition coefficient (Wildman–Crippen LogP) is 3.50. The number of likely N-dealkylation sites (tertiary alicyclic amines) is 1. The Hall–Kier alpha value is -1.79. The summed E-state index contributed by atoms with van der Waals surface area (Å²) in [6, 6.07) is 0. The van der Waals surface area contributed by atoms with Gasteiger partial charge in [-0.25, -0.2) is 4.79 Å². The summed E-state index contributed by atoms with van der Waals surface area (Å²) in [5.41, 5.74) is -1.54. The highest BCUT2D eigenvalue weighted by molar-refractivity contribution is 5.89. The SMILES string of the molecule is COC(=O)C12C3C4C5C3C1(CC(C(=O)OC(C)(C)C)[C@H]1CCN(C(=O)OC(C)(C)C)C1)C5C42. The lowest BCUT2D eigenvalue weighted by Crippen LogP contribution is -3.11. The highest BCUT2D eigenvalue weighted by atomic mass is 16.6. The van der Waals surface area contributed by atoms with Crippen LogP contribution in [0.5, 0.6) is 0 Å². The van der Waals surface area contributed by atoms with Crippen molar-refractivity contribution in [3.63, 3.8) is 0 Å². The van der Waals surface area contributed by atoms with Crippen LogP contribution < -0.4 is 0 Å². The summed E-state index contributed by atoms with van der Waals surface area (Å²) in [5, 5.41) is 0. The Morgan fingerprint density at radius 3 is 2.06 bits per heavy atom. The van der Waals surface area contributed by atoms with Gasteiger partial charge in [-0.1, -0.05) is 0 Å². The van der Waals surface area contributed by atoms with E-state index in [1.165, 1.54) is 7.11 Å². The van der Waals surface area contributed by atoms with Crippen LogP contribution in [0.3, 0.4) is 0 Å². The lowest BCUT2D eigenvalue weighted by atomic mass is 8.91. The second-order valence-corrected chi connectivity index (χ2v) is 13.5. The third kappa shape index (κ3) is 2.26. The Kier molecular flexibility index (Phi) is 3.99. The average molecular weight is 460 g/mol. The third-order valence-electron chi connectivity index (χ3n) is 10.1. The van der Waals surface area contributed by atoms with Crippen LogP contribution >= 0.6 is 0 Å². The molecule has 6 saturated carbocycles. The van der Waals surface area contributed by atoms with Crippen molar-refractivity contribution in [3.8, 4) is 0 Å². The zero-order valence-corrected chi connectivity index (χ0v) is 20.8. The summed E-state index contributed by atoms with van der Waals surface area (Å²) in [6.07, 6.45) is 1.11. The fourth-order valence-corrected chi connectivity index (χ4v) is 9.62. The molecule has 1 aliphatic heterocycles. The Balaban J connectivity index is 1.23. The molecule has 6 aliphatic carbocycles. The van der Waals surface area contributed by atoms with Crippen molar-refractivity contribution < 1.29 is 28.6 Å². The molecule has 7 rings (SSSR count). The van der Waals surface area contributed by atoms with Gasteiger partial charge in [0.2, 0.25) is 0 Å². The minimum atomic E-state index is -0.578. The monoisotopic (exact) mass is 459 g/mol. The standard InChI is InChI=1S/C26H37NO6/c1-23(2,3)32-20(28)13(12-8-9-27(11-12)22(30)33-24(4,5)6)10-25-16-14-15-18(16)26(25,21(29)31-7)19(15)17(14)25/h12-19H,8-11H2,1-7H3/t12-,13?,14?,15?,16?,17?,18?,19?,25?,26?/m0/s1. The van der Waals surface area contributed by atoms with Crippen LogP contribution in [0.2, 0.25) is 0 Å². The lowest BCUT2D eigenvalue weighted by molar-refractivity contribution is -0.648. The van der Waals surface area contributed by atoms with Gasteiger partial charge >= 0.3 is 18.0 Å². The van der Waals surface area contributed by atoms with Crippen LogP contribution in [0.1, 0.15) is 54.4 Å². The molecule has 7 heteroatoms. The Labute approximate surface area is 195 Å². The molecular formula is C26H37NO6. The summed E-state index contributed by atoms with van der Waals surface area (Å²) < 4.78 is 16.8. The van der Waals surface area contributed by atoms with Gasteiger partial charge in [0, 0.05) is 13.1 Å². The minimum absolute atomic E-state index is 0.0164. The molecular weight excluding hydrogens is 422 g/mol. The molecule has 0 N–H and O–H groups in total. The predicted molar refractivity (Wildman–Crippen MR) is 118 cm³/mol. The molecule has 182 valence electrons. The number of methoxy groups -OCH3 is 1. The summed E-state index contributed by atoms with van der Waals surface area (Å²) >= 11 is 0. The number of hydrogen-bond acceptors (Lipinski definition) is 6. The maximum Gasteiger partial charge on any atom is 0.410 e. The third-order valence-corrected chi connectivity index (χ3v) is 10.1. The van der Waals surface area contributed by atoms with Crippen molar-refractivity contribution in [1.29, 1.82) is 0 Å². The number of rotatable bonds is 5. The fourth-order valence-electron chi connectivity index (χ4n) is 9.62. The van der Waals surface area contributed by atoms with E-state index in [2.05, 4.69) is 0 Å². The van der Waals surface area contributed by atoms with Crippen LogP contribution in [0.15, 0.2) is 0 Å². The van der Waals surface area contributed by atoms with Crippen LogP contribution in [0.4, 0.5) is 4.79 Å². The van der Waals surface area contributed by atoms with Crippen molar-refractivity contribution in [1.82, 2.24) is 4.90 Å². The molecule has 1 saturated heterocycles. The zero-order chi connectivity index (χ0) is 23.9. The summed E-state index contributed by atoms with van der Waals surface area (Å²) in [4.78, 5) is 40.8. The van der Waals surface area contributed by atoms with E-state index in [9.17, 15) is 14.4 Å². The number of amides is 1. The number of esters is 2.